The first kappa shape index (κ1) is 13.9. The third-order valence-electron chi connectivity index (χ3n) is 5.01. The molecule has 20 heavy (non-hydrogen) atoms. The summed E-state index contributed by atoms with van der Waals surface area (Å²) in [6.07, 6.45) is 6.13. The van der Waals surface area contributed by atoms with Crippen LogP contribution in [0.3, 0.4) is 0 Å². The van der Waals surface area contributed by atoms with Gasteiger partial charge in [-0.15, -0.1) is 5.10 Å². The molecule has 0 aliphatic heterocycles. The van der Waals surface area contributed by atoms with Crippen molar-refractivity contribution in [2.45, 2.75) is 51.2 Å². The zero-order chi connectivity index (χ0) is 14.2. The van der Waals surface area contributed by atoms with Crippen molar-refractivity contribution >= 4 is 17.4 Å². The third kappa shape index (κ3) is 2.05. The highest BCUT2D eigenvalue weighted by Gasteiger charge is 2.58. The predicted octanol–water partition coefficient (Wildman–Crippen LogP) is 2.35. The summed E-state index contributed by atoms with van der Waals surface area (Å²) in [5, 5.41) is 5.62. The molecule has 1 aromatic heterocycles. The van der Waals surface area contributed by atoms with E-state index in [1.807, 2.05) is 18.9 Å². The van der Waals surface area contributed by atoms with Gasteiger partial charge in [-0.1, -0.05) is 17.3 Å². The van der Waals surface area contributed by atoms with Crippen molar-refractivity contribution in [3.63, 3.8) is 0 Å². The van der Waals surface area contributed by atoms with E-state index in [0.29, 0.717) is 11.8 Å². The fourth-order valence-corrected chi connectivity index (χ4v) is 4.40. The first-order valence-corrected chi connectivity index (χ1v) is 8.18. The molecule has 2 fully saturated rings. The highest BCUT2D eigenvalue weighted by Crippen LogP contribution is 2.56. The molecule has 0 bridgehead atoms. The van der Waals surface area contributed by atoms with E-state index in [2.05, 4.69) is 9.59 Å². The Hall–Kier alpha value is -1.01. The number of nitrogens with zero attached hydrogens (tertiary/aromatic N) is 3. The summed E-state index contributed by atoms with van der Waals surface area (Å²) >= 11 is 1.22. The second-order valence-electron chi connectivity index (χ2n) is 5.84. The van der Waals surface area contributed by atoms with Crippen molar-refractivity contribution < 1.29 is 9.53 Å². The standard InChI is InChI=1S/C14H21N3O2S/c1-3-19-12-8-11(14(12)6-4-5-7-14)17(2)13(18)10-9-20-16-15-10/h9,11-12H,3-8H2,1-2H3/t11-,12+/m0/s1. The smallest absolute Gasteiger partial charge is 0.275 e. The van der Waals surface area contributed by atoms with E-state index in [1.165, 1.54) is 37.2 Å². The molecular weight excluding hydrogens is 274 g/mol. The van der Waals surface area contributed by atoms with Gasteiger partial charge >= 0.3 is 0 Å². The van der Waals surface area contributed by atoms with E-state index in [1.54, 1.807) is 5.38 Å². The Kier molecular flexibility index (Phi) is 3.77. The molecule has 1 heterocycles. The molecule has 0 N–H and O–H groups in total. The van der Waals surface area contributed by atoms with Gasteiger partial charge in [0.25, 0.3) is 5.91 Å². The van der Waals surface area contributed by atoms with Gasteiger partial charge in [0, 0.05) is 30.5 Å². The molecule has 1 spiro atoms. The fourth-order valence-electron chi connectivity index (χ4n) is 3.97. The number of hydrogen-bond donors (Lipinski definition) is 0. The fraction of sp³-hybridized carbons (Fsp3) is 0.786. The minimum atomic E-state index is -0.00928. The maximum absolute atomic E-state index is 12.4. The lowest BCUT2D eigenvalue weighted by Crippen LogP contribution is -2.64. The van der Waals surface area contributed by atoms with Gasteiger partial charge in [0.2, 0.25) is 0 Å². The summed E-state index contributed by atoms with van der Waals surface area (Å²) < 4.78 is 9.68. The van der Waals surface area contributed by atoms with Crippen LogP contribution in [0.15, 0.2) is 5.38 Å². The minimum Gasteiger partial charge on any atom is -0.378 e. The molecule has 2 atom stereocenters. The predicted molar refractivity (Wildman–Crippen MR) is 76.7 cm³/mol. The molecule has 110 valence electrons. The van der Waals surface area contributed by atoms with E-state index in [4.69, 9.17) is 4.74 Å². The number of hydrogen-bond acceptors (Lipinski definition) is 5. The number of amides is 1. The van der Waals surface area contributed by atoms with Crippen LogP contribution in [0, 0.1) is 5.41 Å². The zero-order valence-electron chi connectivity index (χ0n) is 12.0. The number of carbonyl (C=O) groups is 1. The van der Waals surface area contributed by atoms with Gasteiger partial charge < -0.3 is 9.64 Å². The SMILES string of the molecule is CCO[C@@H]1C[C@H](N(C)C(=O)c2csnn2)C12CCCC2. The Balaban J connectivity index is 1.75. The van der Waals surface area contributed by atoms with Crippen LogP contribution in [0.4, 0.5) is 0 Å². The Bertz CT molecular complexity index is 471. The molecule has 1 aromatic rings. The lowest BCUT2D eigenvalue weighted by molar-refractivity contribution is -0.152. The first-order valence-electron chi connectivity index (χ1n) is 7.35. The van der Waals surface area contributed by atoms with Gasteiger partial charge in [-0.2, -0.15) is 0 Å². The van der Waals surface area contributed by atoms with Gasteiger partial charge in [0.05, 0.1) is 6.10 Å². The lowest BCUT2D eigenvalue weighted by Gasteiger charge is -2.56. The highest BCUT2D eigenvalue weighted by atomic mass is 32.1. The second kappa shape index (κ2) is 5.41. The summed E-state index contributed by atoms with van der Waals surface area (Å²) in [6.45, 7) is 2.80. The van der Waals surface area contributed by atoms with Crippen LogP contribution in [0.1, 0.15) is 49.5 Å². The minimum absolute atomic E-state index is 0.00928. The topological polar surface area (TPSA) is 55.3 Å². The quantitative estimate of drug-likeness (QED) is 0.855. The maximum atomic E-state index is 12.4. The van der Waals surface area contributed by atoms with Crippen LogP contribution in [-0.4, -0.2) is 46.2 Å². The summed E-state index contributed by atoms with van der Waals surface area (Å²) in [6, 6.07) is 0.288. The first-order chi connectivity index (χ1) is 9.69. The normalized spacial score (nSPS) is 27.5. The van der Waals surface area contributed by atoms with Crippen LogP contribution < -0.4 is 0 Å². The maximum Gasteiger partial charge on any atom is 0.275 e. The lowest BCUT2D eigenvalue weighted by atomic mass is 9.60. The molecule has 0 aromatic carbocycles. The van der Waals surface area contributed by atoms with E-state index in [-0.39, 0.29) is 17.4 Å². The van der Waals surface area contributed by atoms with Gasteiger partial charge in [-0.05, 0) is 37.7 Å². The number of ether oxygens (including phenoxy) is 1. The molecule has 0 radical (unpaired) electrons. The third-order valence-corrected chi connectivity index (χ3v) is 5.52. The van der Waals surface area contributed by atoms with E-state index in [0.717, 1.165) is 13.0 Å². The summed E-state index contributed by atoms with van der Waals surface area (Å²) in [5.74, 6) is -0.00928. The molecule has 5 nitrogen and oxygen atoms in total. The Morgan fingerprint density at radius 3 is 2.90 bits per heavy atom. The molecule has 0 saturated heterocycles. The number of aromatic nitrogens is 2. The Morgan fingerprint density at radius 2 is 2.30 bits per heavy atom. The van der Waals surface area contributed by atoms with Crippen molar-refractivity contribution in [2.24, 2.45) is 5.41 Å². The average Bonchev–Trinajstić information content (AvgIpc) is 3.13. The summed E-state index contributed by atoms with van der Waals surface area (Å²) in [7, 11) is 1.90. The Morgan fingerprint density at radius 1 is 1.55 bits per heavy atom. The Labute approximate surface area is 123 Å². The van der Waals surface area contributed by atoms with Crippen molar-refractivity contribution in [1.82, 2.24) is 14.5 Å². The second-order valence-corrected chi connectivity index (χ2v) is 6.45. The van der Waals surface area contributed by atoms with E-state index in [9.17, 15) is 4.79 Å². The molecular formula is C14H21N3O2S. The van der Waals surface area contributed by atoms with Crippen molar-refractivity contribution in [1.29, 1.82) is 0 Å². The molecule has 2 aliphatic rings. The van der Waals surface area contributed by atoms with Gasteiger partial charge in [-0.25, -0.2) is 0 Å². The van der Waals surface area contributed by atoms with Crippen LogP contribution in [0.25, 0.3) is 0 Å². The van der Waals surface area contributed by atoms with Crippen molar-refractivity contribution in [3.05, 3.63) is 11.1 Å². The van der Waals surface area contributed by atoms with Gasteiger partial charge in [0.1, 0.15) is 0 Å². The van der Waals surface area contributed by atoms with Crippen molar-refractivity contribution in [2.75, 3.05) is 13.7 Å². The van der Waals surface area contributed by atoms with Crippen LogP contribution in [-0.2, 0) is 4.74 Å². The summed E-state index contributed by atoms with van der Waals surface area (Å²) in [4.78, 5) is 14.3. The van der Waals surface area contributed by atoms with Crippen LogP contribution in [0.2, 0.25) is 0 Å². The molecule has 1 amide bonds. The summed E-state index contributed by atoms with van der Waals surface area (Å²) in [5.41, 5.74) is 0.648. The van der Waals surface area contributed by atoms with Gasteiger partial charge in [-0.3, -0.25) is 4.79 Å². The van der Waals surface area contributed by atoms with Gasteiger partial charge in [0.15, 0.2) is 5.69 Å². The average molecular weight is 295 g/mol. The van der Waals surface area contributed by atoms with E-state index < -0.39 is 0 Å². The van der Waals surface area contributed by atoms with Crippen LogP contribution in [0.5, 0.6) is 0 Å². The zero-order valence-corrected chi connectivity index (χ0v) is 12.9. The largest absolute Gasteiger partial charge is 0.378 e. The highest BCUT2D eigenvalue weighted by molar-refractivity contribution is 7.03. The monoisotopic (exact) mass is 295 g/mol. The number of rotatable bonds is 4. The van der Waals surface area contributed by atoms with Crippen molar-refractivity contribution in [3.8, 4) is 0 Å². The van der Waals surface area contributed by atoms with Crippen LogP contribution >= 0.6 is 11.5 Å². The molecule has 2 saturated carbocycles. The molecule has 6 heteroatoms. The number of carbonyl (C=O) groups excluding carboxylic acids is 1. The molecule has 3 rings (SSSR count). The van der Waals surface area contributed by atoms with E-state index >= 15 is 0 Å². The molecule has 2 aliphatic carbocycles. The molecule has 0 unspecified atom stereocenters.